The van der Waals surface area contributed by atoms with Gasteiger partial charge in [-0.1, -0.05) is 0 Å². The molecule has 1 fully saturated rings. The molecule has 1 heterocycles. The molecule has 0 aliphatic carbocycles. The van der Waals surface area contributed by atoms with Crippen molar-refractivity contribution in [2.75, 3.05) is 27.3 Å². The molecule has 5 nitrogen and oxygen atoms in total. The van der Waals surface area contributed by atoms with Gasteiger partial charge in [-0.05, 0) is 65.5 Å². The average Bonchev–Trinajstić information content (AvgIpc) is 3.03. The number of carbonyl (C=O) groups excluding carboxylic acids is 1. The Morgan fingerprint density at radius 3 is 2.86 bits per heavy atom. The van der Waals surface area contributed by atoms with Gasteiger partial charge < -0.3 is 20.1 Å². The van der Waals surface area contributed by atoms with Crippen molar-refractivity contribution >= 4 is 21.8 Å². The highest BCUT2D eigenvalue weighted by molar-refractivity contribution is 9.10. The molecule has 0 aromatic heterocycles. The number of hydrogen-bond acceptors (Lipinski definition) is 4. The van der Waals surface area contributed by atoms with Crippen molar-refractivity contribution < 1.29 is 14.3 Å². The van der Waals surface area contributed by atoms with Crippen LogP contribution >= 0.6 is 15.9 Å². The van der Waals surface area contributed by atoms with Crippen molar-refractivity contribution in [2.24, 2.45) is 5.92 Å². The fraction of sp³-hybridized carbons (Fsp3) is 0.562. The minimum atomic E-state index is 0.0952. The molecule has 1 aromatic rings. The van der Waals surface area contributed by atoms with E-state index in [0.717, 1.165) is 29.5 Å². The Kier molecular flexibility index (Phi) is 6.51. The Morgan fingerprint density at radius 1 is 1.41 bits per heavy atom. The van der Waals surface area contributed by atoms with Gasteiger partial charge in [0.1, 0.15) is 0 Å². The molecule has 6 heteroatoms. The van der Waals surface area contributed by atoms with Crippen LogP contribution in [0, 0.1) is 5.92 Å². The second-order valence-corrected chi connectivity index (χ2v) is 6.34. The molecule has 0 bridgehead atoms. The van der Waals surface area contributed by atoms with Gasteiger partial charge >= 0.3 is 0 Å². The number of methoxy groups -OCH3 is 2. The van der Waals surface area contributed by atoms with Crippen LogP contribution in [-0.4, -0.2) is 33.2 Å². The van der Waals surface area contributed by atoms with E-state index in [4.69, 9.17) is 9.47 Å². The molecule has 0 spiro atoms. The molecular weight excluding hydrogens is 348 g/mol. The average molecular weight is 371 g/mol. The molecule has 1 aliphatic rings. The summed E-state index contributed by atoms with van der Waals surface area (Å²) >= 11 is 3.46. The first kappa shape index (κ1) is 17.1. The minimum absolute atomic E-state index is 0.0952. The van der Waals surface area contributed by atoms with Gasteiger partial charge in [0.25, 0.3) is 0 Å². The lowest BCUT2D eigenvalue weighted by Crippen LogP contribution is -2.23. The topological polar surface area (TPSA) is 59.6 Å². The molecule has 122 valence electrons. The lowest BCUT2D eigenvalue weighted by atomic mass is 10.0. The van der Waals surface area contributed by atoms with Crippen LogP contribution in [0.5, 0.6) is 11.5 Å². The maximum atomic E-state index is 11.9. The molecule has 0 saturated carbocycles. The zero-order valence-corrected chi connectivity index (χ0v) is 14.7. The van der Waals surface area contributed by atoms with Crippen LogP contribution in [0.4, 0.5) is 0 Å². The molecule has 1 aromatic carbocycles. The number of hydrogen-bond donors (Lipinski definition) is 2. The lowest BCUT2D eigenvalue weighted by molar-refractivity contribution is -0.121. The molecule has 1 amide bonds. The summed E-state index contributed by atoms with van der Waals surface area (Å²) in [6, 6.07) is 3.81. The summed E-state index contributed by atoms with van der Waals surface area (Å²) < 4.78 is 11.4. The number of halogens is 1. The quantitative estimate of drug-likeness (QED) is 0.773. The van der Waals surface area contributed by atoms with Crippen molar-refractivity contribution in [1.29, 1.82) is 0 Å². The van der Waals surface area contributed by atoms with Crippen molar-refractivity contribution in [3.05, 3.63) is 22.2 Å². The van der Waals surface area contributed by atoms with Gasteiger partial charge in [0.15, 0.2) is 11.5 Å². The van der Waals surface area contributed by atoms with E-state index in [-0.39, 0.29) is 5.91 Å². The summed E-state index contributed by atoms with van der Waals surface area (Å²) in [7, 11) is 3.20. The highest BCUT2D eigenvalue weighted by Crippen LogP contribution is 2.36. The Morgan fingerprint density at radius 2 is 2.23 bits per heavy atom. The largest absolute Gasteiger partial charge is 0.493 e. The predicted octanol–water partition coefficient (Wildman–Crippen LogP) is 2.47. The third-order valence-corrected chi connectivity index (χ3v) is 4.51. The number of carbonyl (C=O) groups is 1. The lowest BCUT2D eigenvalue weighted by Gasteiger charge is -2.13. The number of benzene rings is 1. The number of amides is 1. The standard InChI is InChI=1S/C16H23BrN2O3/c1-21-14-8-12(7-13(17)16(14)22-2)10-19-15(20)4-3-11-5-6-18-9-11/h7-8,11,18H,3-6,9-10H2,1-2H3,(H,19,20). The van der Waals surface area contributed by atoms with Crippen LogP contribution in [0.3, 0.4) is 0 Å². The van der Waals surface area contributed by atoms with Crippen LogP contribution in [0.2, 0.25) is 0 Å². The molecule has 22 heavy (non-hydrogen) atoms. The van der Waals surface area contributed by atoms with Gasteiger partial charge in [-0.25, -0.2) is 0 Å². The summed E-state index contributed by atoms with van der Waals surface area (Å²) in [6.07, 6.45) is 2.71. The van der Waals surface area contributed by atoms with E-state index in [1.165, 1.54) is 6.42 Å². The zero-order chi connectivity index (χ0) is 15.9. The van der Waals surface area contributed by atoms with E-state index in [1.807, 2.05) is 12.1 Å². The van der Waals surface area contributed by atoms with E-state index in [1.54, 1.807) is 14.2 Å². The fourth-order valence-electron chi connectivity index (χ4n) is 2.66. The third-order valence-electron chi connectivity index (χ3n) is 3.93. The van der Waals surface area contributed by atoms with Crippen LogP contribution < -0.4 is 20.1 Å². The van der Waals surface area contributed by atoms with Gasteiger partial charge in [0.05, 0.1) is 18.7 Å². The summed E-state index contributed by atoms with van der Waals surface area (Å²) in [5.41, 5.74) is 0.973. The zero-order valence-electron chi connectivity index (χ0n) is 13.1. The summed E-state index contributed by atoms with van der Waals surface area (Å²) in [5.74, 6) is 2.04. The molecule has 2 rings (SSSR count). The van der Waals surface area contributed by atoms with Crippen LogP contribution in [0.15, 0.2) is 16.6 Å². The van der Waals surface area contributed by atoms with Gasteiger partial charge in [-0.2, -0.15) is 0 Å². The van der Waals surface area contributed by atoms with Crippen molar-refractivity contribution in [2.45, 2.75) is 25.8 Å². The van der Waals surface area contributed by atoms with Gasteiger partial charge in [0.2, 0.25) is 5.91 Å². The van der Waals surface area contributed by atoms with Crippen molar-refractivity contribution in [1.82, 2.24) is 10.6 Å². The van der Waals surface area contributed by atoms with E-state index < -0.39 is 0 Å². The molecule has 1 aliphatic heterocycles. The van der Waals surface area contributed by atoms with E-state index in [2.05, 4.69) is 26.6 Å². The highest BCUT2D eigenvalue weighted by atomic mass is 79.9. The van der Waals surface area contributed by atoms with E-state index in [9.17, 15) is 4.79 Å². The first-order valence-electron chi connectivity index (χ1n) is 7.52. The summed E-state index contributed by atoms with van der Waals surface area (Å²) in [5, 5.41) is 6.28. The molecule has 1 atom stereocenters. The Hall–Kier alpha value is -1.27. The normalized spacial score (nSPS) is 17.3. The first-order chi connectivity index (χ1) is 10.6. The Bertz CT molecular complexity index is 516. The maximum absolute atomic E-state index is 11.9. The second kappa shape index (κ2) is 8.39. The van der Waals surface area contributed by atoms with E-state index >= 15 is 0 Å². The Balaban J connectivity index is 1.85. The second-order valence-electron chi connectivity index (χ2n) is 5.49. The first-order valence-corrected chi connectivity index (χ1v) is 8.31. The molecular formula is C16H23BrN2O3. The minimum Gasteiger partial charge on any atom is -0.493 e. The van der Waals surface area contributed by atoms with E-state index in [0.29, 0.717) is 30.4 Å². The highest BCUT2D eigenvalue weighted by Gasteiger charge is 2.16. The van der Waals surface area contributed by atoms with Gasteiger partial charge in [-0.3, -0.25) is 4.79 Å². The van der Waals surface area contributed by atoms with Gasteiger partial charge in [0, 0.05) is 13.0 Å². The smallest absolute Gasteiger partial charge is 0.220 e. The van der Waals surface area contributed by atoms with Crippen LogP contribution in [0.25, 0.3) is 0 Å². The summed E-state index contributed by atoms with van der Waals surface area (Å²) in [4.78, 5) is 11.9. The van der Waals surface area contributed by atoms with Crippen LogP contribution in [0.1, 0.15) is 24.8 Å². The monoisotopic (exact) mass is 370 g/mol. The number of rotatable bonds is 7. The molecule has 2 N–H and O–H groups in total. The Labute approximate surface area is 139 Å². The SMILES string of the molecule is COc1cc(CNC(=O)CCC2CCNC2)cc(Br)c1OC. The molecule has 0 radical (unpaired) electrons. The fourth-order valence-corrected chi connectivity index (χ4v) is 3.31. The molecule has 1 unspecified atom stereocenters. The number of nitrogens with one attached hydrogen (secondary N) is 2. The number of ether oxygens (including phenoxy) is 2. The summed E-state index contributed by atoms with van der Waals surface area (Å²) in [6.45, 7) is 2.60. The maximum Gasteiger partial charge on any atom is 0.220 e. The molecule has 1 saturated heterocycles. The van der Waals surface area contributed by atoms with Crippen LogP contribution in [-0.2, 0) is 11.3 Å². The van der Waals surface area contributed by atoms with Gasteiger partial charge in [-0.15, -0.1) is 0 Å². The third kappa shape index (κ3) is 4.61. The van der Waals surface area contributed by atoms with Crippen molar-refractivity contribution in [3.8, 4) is 11.5 Å². The van der Waals surface area contributed by atoms with Crippen molar-refractivity contribution in [3.63, 3.8) is 0 Å². The predicted molar refractivity (Wildman–Crippen MR) is 89.3 cm³/mol.